The van der Waals surface area contributed by atoms with E-state index in [1.807, 2.05) is 0 Å². The lowest BCUT2D eigenvalue weighted by atomic mass is 10.1. The van der Waals surface area contributed by atoms with Crippen molar-refractivity contribution in [2.24, 2.45) is 5.73 Å². The molecule has 1 rings (SSSR count). The van der Waals surface area contributed by atoms with Gasteiger partial charge in [-0.2, -0.15) is 0 Å². The average molecular weight is 320 g/mol. The standard InChI is InChI=1S/C11H12BrClN2O2/c1-6(16)15-10(11(14)17)5-7-4-8(13)2-3-9(7)12/h2-4,10H,5H2,1H3,(H2,14,17)(H,15,16)/t10-/m0/s1. The first kappa shape index (κ1) is 14.0. The number of halogens is 2. The zero-order valence-electron chi connectivity index (χ0n) is 9.17. The molecule has 0 heterocycles. The zero-order chi connectivity index (χ0) is 13.0. The molecule has 3 N–H and O–H groups in total. The highest BCUT2D eigenvalue weighted by atomic mass is 79.9. The van der Waals surface area contributed by atoms with E-state index in [2.05, 4.69) is 21.2 Å². The Morgan fingerprint density at radius 2 is 2.18 bits per heavy atom. The van der Waals surface area contributed by atoms with Gasteiger partial charge in [0, 0.05) is 22.8 Å². The minimum Gasteiger partial charge on any atom is -0.368 e. The summed E-state index contributed by atoms with van der Waals surface area (Å²) in [4.78, 5) is 22.1. The third-order valence-corrected chi connectivity index (χ3v) is 3.16. The van der Waals surface area contributed by atoms with Crippen LogP contribution < -0.4 is 11.1 Å². The molecule has 1 atom stereocenters. The van der Waals surface area contributed by atoms with Gasteiger partial charge in [0.1, 0.15) is 6.04 Å². The van der Waals surface area contributed by atoms with Crippen LogP contribution in [0.15, 0.2) is 22.7 Å². The summed E-state index contributed by atoms with van der Waals surface area (Å²) in [5, 5.41) is 3.06. The van der Waals surface area contributed by atoms with Crippen molar-refractivity contribution in [3.05, 3.63) is 33.3 Å². The Balaban J connectivity index is 2.89. The highest BCUT2D eigenvalue weighted by Gasteiger charge is 2.18. The smallest absolute Gasteiger partial charge is 0.240 e. The fraction of sp³-hybridized carbons (Fsp3) is 0.273. The van der Waals surface area contributed by atoms with E-state index in [1.54, 1.807) is 18.2 Å². The van der Waals surface area contributed by atoms with Gasteiger partial charge in [0.2, 0.25) is 11.8 Å². The molecule has 0 fully saturated rings. The Morgan fingerprint density at radius 3 is 2.71 bits per heavy atom. The second-order valence-electron chi connectivity index (χ2n) is 3.60. The molecule has 0 saturated heterocycles. The van der Waals surface area contributed by atoms with Crippen molar-refractivity contribution in [1.82, 2.24) is 5.32 Å². The molecular formula is C11H12BrClN2O2. The third kappa shape index (κ3) is 4.36. The van der Waals surface area contributed by atoms with Crippen LogP contribution in [0.25, 0.3) is 0 Å². The third-order valence-electron chi connectivity index (χ3n) is 2.15. The van der Waals surface area contributed by atoms with E-state index in [1.165, 1.54) is 6.92 Å². The minimum absolute atomic E-state index is 0.299. The lowest BCUT2D eigenvalue weighted by molar-refractivity contribution is -0.126. The highest BCUT2D eigenvalue weighted by molar-refractivity contribution is 9.10. The van der Waals surface area contributed by atoms with Gasteiger partial charge in [-0.25, -0.2) is 0 Å². The normalized spacial score (nSPS) is 11.9. The van der Waals surface area contributed by atoms with Crippen LogP contribution in [0, 0.1) is 0 Å². The maximum atomic E-state index is 11.2. The van der Waals surface area contributed by atoms with E-state index in [4.69, 9.17) is 17.3 Å². The summed E-state index contributed by atoms with van der Waals surface area (Å²) in [5.41, 5.74) is 6.03. The number of hydrogen-bond acceptors (Lipinski definition) is 2. The lowest BCUT2D eigenvalue weighted by Crippen LogP contribution is -2.45. The Bertz CT molecular complexity index is 451. The predicted octanol–water partition coefficient (Wildman–Crippen LogP) is 1.63. The summed E-state index contributed by atoms with van der Waals surface area (Å²) in [7, 11) is 0. The molecule has 17 heavy (non-hydrogen) atoms. The maximum Gasteiger partial charge on any atom is 0.240 e. The fourth-order valence-corrected chi connectivity index (χ4v) is 1.99. The molecule has 2 amide bonds. The number of amides is 2. The van der Waals surface area contributed by atoms with Crippen LogP contribution in [0.2, 0.25) is 5.02 Å². The number of benzene rings is 1. The van der Waals surface area contributed by atoms with Gasteiger partial charge in [-0.3, -0.25) is 9.59 Å². The quantitative estimate of drug-likeness (QED) is 0.885. The molecule has 1 aromatic carbocycles. The molecule has 0 spiro atoms. The Morgan fingerprint density at radius 1 is 1.53 bits per heavy atom. The zero-order valence-corrected chi connectivity index (χ0v) is 11.5. The van der Waals surface area contributed by atoms with Crippen LogP contribution >= 0.6 is 27.5 Å². The van der Waals surface area contributed by atoms with Crippen molar-refractivity contribution in [1.29, 1.82) is 0 Å². The molecule has 4 nitrogen and oxygen atoms in total. The monoisotopic (exact) mass is 318 g/mol. The molecule has 6 heteroatoms. The van der Waals surface area contributed by atoms with Crippen LogP contribution in [0.5, 0.6) is 0 Å². The van der Waals surface area contributed by atoms with Crippen LogP contribution in [0.1, 0.15) is 12.5 Å². The SMILES string of the molecule is CC(=O)N[C@@H](Cc1cc(Cl)ccc1Br)C(N)=O. The maximum absolute atomic E-state index is 11.2. The number of carbonyl (C=O) groups excluding carboxylic acids is 2. The van der Waals surface area contributed by atoms with Gasteiger partial charge in [0.15, 0.2) is 0 Å². The van der Waals surface area contributed by atoms with Crippen molar-refractivity contribution in [2.45, 2.75) is 19.4 Å². The van der Waals surface area contributed by atoms with Crippen molar-refractivity contribution in [2.75, 3.05) is 0 Å². The Labute approximate surface area is 113 Å². The molecule has 0 aliphatic heterocycles. The van der Waals surface area contributed by atoms with Gasteiger partial charge in [0.25, 0.3) is 0 Å². The van der Waals surface area contributed by atoms with Crippen molar-refractivity contribution in [3.8, 4) is 0 Å². The Hall–Kier alpha value is -1.07. The summed E-state index contributed by atoms with van der Waals surface area (Å²) in [6.07, 6.45) is 0.302. The highest BCUT2D eigenvalue weighted by Crippen LogP contribution is 2.22. The van der Waals surface area contributed by atoms with Gasteiger partial charge in [-0.1, -0.05) is 27.5 Å². The van der Waals surface area contributed by atoms with E-state index in [0.717, 1.165) is 10.0 Å². The second-order valence-corrected chi connectivity index (χ2v) is 4.89. The molecule has 0 aliphatic rings. The van der Waals surface area contributed by atoms with E-state index in [0.29, 0.717) is 11.4 Å². The van der Waals surface area contributed by atoms with Crippen molar-refractivity contribution < 1.29 is 9.59 Å². The van der Waals surface area contributed by atoms with Gasteiger partial charge in [-0.15, -0.1) is 0 Å². The Kier molecular flexibility index (Phi) is 4.96. The van der Waals surface area contributed by atoms with Gasteiger partial charge >= 0.3 is 0 Å². The fourth-order valence-electron chi connectivity index (χ4n) is 1.39. The molecule has 0 radical (unpaired) electrons. The molecule has 0 bridgehead atoms. The van der Waals surface area contributed by atoms with Crippen LogP contribution in [0.4, 0.5) is 0 Å². The first-order valence-corrected chi connectivity index (χ1v) is 6.07. The number of carbonyl (C=O) groups is 2. The topological polar surface area (TPSA) is 72.2 Å². The van der Waals surface area contributed by atoms with E-state index in [-0.39, 0.29) is 5.91 Å². The summed E-state index contributed by atoms with van der Waals surface area (Å²) in [5.74, 6) is -0.876. The first-order valence-electron chi connectivity index (χ1n) is 4.90. The van der Waals surface area contributed by atoms with Crippen LogP contribution in [-0.4, -0.2) is 17.9 Å². The van der Waals surface area contributed by atoms with Gasteiger partial charge in [0.05, 0.1) is 0 Å². The van der Waals surface area contributed by atoms with E-state index < -0.39 is 11.9 Å². The number of nitrogens with one attached hydrogen (secondary N) is 1. The van der Waals surface area contributed by atoms with E-state index in [9.17, 15) is 9.59 Å². The molecule has 0 unspecified atom stereocenters. The molecule has 1 aromatic rings. The van der Waals surface area contributed by atoms with Crippen molar-refractivity contribution in [3.63, 3.8) is 0 Å². The van der Waals surface area contributed by atoms with Gasteiger partial charge in [-0.05, 0) is 23.8 Å². The summed E-state index contributed by atoms with van der Waals surface area (Å²) >= 11 is 9.21. The lowest BCUT2D eigenvalue weighted by Gasteiger charge is -2.15. The molecule has 92 valence electrons. The summed E-state index contributed by atoms with van der Waals surface area (Å²) in [6, 6.07) is 4.50. The van der Waals surface area contributed by atoms with E-state index >= 15 is 0 Å². The first-order chi connectivity index (χ1) is 7.90. The largest absolute Gasteiger partial charge is 0.368 e. The second kappa shape index (κ2) is 6.02. The predicted molar refractivity (Wildman–Crippen MR) is 69.7 cm³/mol. The molecule has 0 saturated carbocycles. The van der Waals surface area contributed by atoms with Crippen LogP contribution in [0.3, 0.4) is 0 Å². The summed E-state index contributed by atoms with van der Waals surface area (Å²) < 4.78 is 0.818. The number of hydrogen-bond donors (Lipinski definition) is 2. The number of primary amides is 1. The molecule has 0 aliphatic carbocycles. The molecular weight excluding hydrogens is 307 g/mol. The number of rotatable bonds is 4. The van der Waals surface area contributed by atoms with Crippen LogP contribution in [-0.2, 0) is 16.0 Å². The van der Waals surface area contributed by atoms with Crippen molar-refractivity contribution >= 4 is 39.3 Å². The van der Waals surface area contributed by atoms with Gasteiger partial charge < -0.3 is 11.1 Å². The number of nitrogens with two attached hydrogens (primary N) is 1. The molecule has 0 aromatic heterocycles. The minimum atomic E-state index is -0.734. The average Bonchev–Trinajstić information content (AvgIpc) is 2.21. The summed E-state index contributed by atoms with van der Waals surface area (Å²) in [6.45, 7) is 1.34.